The number of fused-ring (bicyclic) bond motifs is 6. The molecule has 0 N–H and O–H groups in total. The van der Waals surface area contributed by atoms with E-state index in [1.165, 1.54) is 10.8 Å². The quantitative estimate of drug-likeness (QED) is 0.400. The molecule has 122 valence electrons. The first-order valence-corrected chi connectivity index (χ1v) is 8.53. The van der Waals surface area contributed by atoms with Crippen molar-refractivity contribution >= 4 is 43.9 Å². The van der Waals surface area contributed by atoms with Crippen molar-refractivity contribution in [1.29, 1.82) is 0 Å². The number of hydrogen-bond acceptors (Lipinski definition) is 3. The van der Waals surface area contributed by atoms with Gasteiger partial charge in [-0.3, -0.25) is 4.57 Å². The lowest BCUT2D eigenvalue weighted by atomic mass is 10.2. The highest BCUT2D eigenvalue weighted by Gasteiger charge is 2.15. The van der Waals surface area contributed by atoms with Crippen molar-refractivity contribution in [1.82, 2.24) is 14.5 Å². The first-order valence-electron chi connectivity index (χ1n) is 8.53. The van der Waals surface area contributed by atoms with Crippen molar-refractivity contribution in [2.24, 2.45) is 0 Å². The highest BCUT2D eigenvalue weighted by molar-refractivity contribution is 6.09. The maximum atomic E-state index is 5.87. The Balaban J connectivity index is 1.76. The molecule has 0 unspecified atom stereocenters. The predicted molar refractivity (Wildman–Crippen MR) is 104 cm³/mol. The van der Waals surface area contributed by atoms with E-state index >= 15 is 0 Å². The molecule has 0 aliphatic carbocycles. The largest absolute Gasteiger partial charge is 0.453 e. The standard InChI is InChI=1S/C22H13N3O/c1-4-10-17-14(7-1)15-8-2-5-11-18(15)25(17)22-23-13-20-21(24-22)16-9-3-6-12-19(16)26-20/h1-13H. The van der Waals surface area contributed by atoms with Gasteiger partial charge < -0.3 is 4.42 Å². The van der Waals surface area contributed by atoms with Crippen molar-refractivity contribution in [2.45, 2.75) is 0 Å². The van der Waals surface area contributed by atoms with Crippen LogP contribution in [0.5, 0.6) is 0 Å². The molecule has 0 radical (unpaired) electrons. The summed E-state index contributed by atoms with van der Waals surface area (Å²) in [6, 6.07) is 24.7. The Bertz CT molecular complexity index is 1390. The molecule has 4 heteroatoms. The van der Waals surface area contributed by atoms with Gasteiger partial charge in [-0.05, 0) is 24.3 Å². The topological polar surface area (TPSA) is 43.9 Å². The van der Waals surface area contributed by atoms with E-state index < -0.39 is 0 Å². The Morgan fingerprint density at radius 2 is 1.27 bits per heavy atom. The minimum Gasteiger partial charge on any atom is -0.453 e. The first kappa shape index (κ1) is 13.6. The molecular weight excluding hydrogens is 322 g/mol. The van der Waals surface area contributed by atoms with E-state index in [9.17, 15) is 0 Å². The van der Waals surface area contributed by atoms with E-state index in [0.717, 1.165) is 27.5 Å². The molecule has 0 atom stereocenters. The van der Waals surface area contributed by atoms with Crippen LogP contribution in [0.3, 0.4) is 0 Å². The summed E-state index contributed by atoms with van der Waals surface area (Å²) in [5, 5.41) is 3.40. The van der Waals surface area contributed by atoms with Crippen molar-refractivity contribution in [3.63, 3.8) is 0 Å². The molecule has 26 heavy (non-hydrogen) atoms. The number of hydrogen-bond donors (Lipinski definition) is 0. The molecule has 0 spiro atoms. The Kier molecular flexibility index (Phi) is 2.58. The van der Waals surface area contributed by atoms with E-state index in [1.54, 1.807) is 6.20 Å². The molecule has 0 aliphatic heterocycles. The number of nitrogens with zero attached hydrogens (tertiary/aromatic N) is 3. The number of aromatic nitrogens is 3. The molecule has 0 saturated carbocycles. The number of rotatable bonds is 1. The Hall–Kier alpha value is -3.66. The summed E-state index contributed by atoms with van der Waals surface area (Å²) in [4.78, 5) is 9.47. The fraction of sp³-hybridized carbons (Fsp3) is 0. The summed E-state index contributed by atoms with van der Waals surface area (Å²) in [5.41, 5.74) is 4.57. The van der Waals surface area contributed by atoms with Gasteiger partial charge in [-0.2, -0.15) is 0 Å². The Labute approximate surface area is 148 Å². The summed E-state index contributed by atoms with van der Waals surface area (Å²) in [6.07, 6.45) is 1.77. The van der Waals surface area contributed by atoms with Crippen LogP contribution < -0.4 is 0 Å². The van der Waals surface area contributed by atoms with Crippen LogP contribution in [0.2, 0.25) is 0 Å². The summed E-state index contributed by atoms with van der Waals surface area (Å²) in [6.45, 7) is 0. The van der Waals surface area contributed by atoms with Gasteiger partial charge in [0.1, 0.15) is 11.1 Å². The van der Waals surface area contributed by atoms with Crippen LogP contribution in [0, 0.1) is 0 Å². The van der Waals surface area contributed by atoms with Crippen LogP contribution >= 0.6 is 0 Å². The molecule has 6 rings (SSSR count). The first-order chi connectivity index (χ1) is 12.9. The van der Waals surface area contributed by atoms with Gasteiger partial charge in [0.05, 0.1) is 17.2 Å². The third-order valence-corrected chi connectivity index (χ3v) is 4.88. The predicted octanol–water partition coefficient (Wildman–Crippen LogP) is 5.47. The molecule has 0 bridgehead atoms. The van der Waals surface area contributed by atoms with Crippen LogP contribution in [0.4, 0.5) is 0 Å². The zero-order valence-electron chi connectivity index (χ0n) is 13.8. The maximum Gasteiger partial charge on any atom is 0.235 e. The van der Waals surface area contributed by atoms with E-state index in [2.05, 4.69) is 45.9 Å². The molecule has 6 aromatic rings. The minimum absolute atomic E-state index is 0.654. The van der Waals surface area contributed by atoms with E-state index in [4.69, 9.17) is 9.40 Å². The zero-order valence-corrected chi connectivity index (χ0v) is 13.8. The van der Waals surface area contributed by atoms with Gasteiger partial charge in [0.25, 0.3) is 0 Å². The fourth-order valence-corrected chi connectivity index (χ4v) is 3.74. The summed E-state index contributed by atoms with van der Waals surface area (Å²) in [7, 11) is 0. The lowest BCUT2D eigenvalue weighted by Gasteiger charge is -2.05. The molecule has 0 aliphatic rings. The smallest absolute Gasteiger partial charge is 0.235 e. The second-order valence-corrected chi connectivity index (χ2v) is 6.35. The molecule has 3 aromatic carbocycles. The van der Waals surface area contributed by atoms with Crippen LogP contribution in [0.1, 0.15) is 0 Å². The van der Waals surface area contributed by atoms with Gasteiger partial charge in [-0.25, -0.2) is 9.97 Å². The van der Waals surface area contributed by atoms with Crippen LogP contribution in [0.25, 0.3) is 49.8 Å². The molecular formula is C22H13N3O. The van der Waals surface area contributed by atoms with Crippen molar-refractivity contribution in [2.75, 3.05) is 0 Å². The highest BCUT2D eigenvalue weighted by atomic mass is 16.3. The maximum absolute atomic E-state index is 5.87. The van der Waals surface area contributed by atoms with Crippen LogP contribution in [-0.2, 0) is 0 Å². The van der Waals surface area contributed by atoms with E-state index in [0.29, 0.717) is 11.5 Å². The number of benzene rings is 3. The van der Waals surface area contributed by atoms with E-state index in [-0.39, 0.29) is 0 Å². The fourth-order valence-electron chi connectivity index (χ4n) is 3.74. The van der Waals surface area contributed by atoms with Gasteiger partial charge in [0.15, 0.2) is 5.58 Å². The van der Waals surface area contributed by atoms with Crippen LogP contribution in [-0.4, -0.2) is 14.5 Å². The van der Waals surface area contributed by atoms with Crippen molar-refractivity contribution < 1.29 is 4.42 Å². The van der Waals surface area contributed by atoms with Gasteiger partial charge in [0.2, 0.25) is 5.95 Å². The lowest BCUT2D eigenvalue weighted by Crippen LogP contribution is -2.00. The van der Waals surface area contributed by atoms with Gasteiger partial charge in [-0.15, -0.1) is 0 Å². The minimum atomic E-state index is 0.654. The normalized spacial score (nSPS) is 11.8. The Morgan fingerprint density at radius 3 is 2.00 bits per heavy atom. The third kappa shape index (κ3) is 1.73. The molecule has 4 nitrogen and oxygen atoms in total. The average molecular weight is 335 g/mol. The summed E-state index contributed by atoms with van der Waals surface area (Å²) < 4.78 is 7.98. The molecule has 0 fully saturated rings. The van der Waals surface area contributed by atoms with Gasteiger partial charge >= 0.3 is 0 Å². The molecule has 3 heterocycles. The number of para-hydroxylation sites is 3. The average Bonchev–Trinajstić information content (AvgIpc) is 3.23. The summed E-state index contributed by atoms with van der Waals surface area (Å²) >= 11 is 0. The van der Waals surface area contributed by atoms with Gasteiger partial charge in [0, 0.05) is 16.2 Å². The molecule has 3 aromatic heterocycles. The molecule has 0 saturated heterocycles. The van der Waals surface area contributed by atoms with Gasteiger partial charge in [-0.1, -0.05) is 48.5 Å². The monoisotopic (exact) mass is 335 g/mol. The third-order valence-electron chi connectivity index (χ3n) is 4.88. The second-order valence-electron chi connectivity index (χ2n) is 6.35. The Morgan fingerprint density at radius 1 is 0.654 bits per heavy atom. The van der Waals surface area contributed by atoms with Crippen molar-refractivity contribution in [3.05, 3.63) is 79.0 Å². The van der Waals surface area contributed by atoms with E-state index in [1.807, 2.05) is 36.4 Å². The zero-order chi connectivity index (χ0) is 17.1. The van der Waals surface area contributed by atoms with Crippen molar-refractivity contribution in [3.8, 4) is 5.95 Å². The SMILES string of the molecule is c1ccc2c(c1)oc1cnc(-n3c4ccccc4c4ccccc43)nc12. The highest BCUT2D eigenvalue weighted by Crippen LogP contribution is 2.32. The molecule has 0 amide bonds. The number of furan rings is 1. The summed E-state index contributed by atoms with van der Waals surface area (Å²) in [5.74, 6) is 0.654. The lowest BCUT2D eigenvalue weighted by molar-refractivity contribution is 0.665. The second kappa shape index (κ2) is 4.92. The van der Waals surface area contributed by atoms with Crippen LogP contribution in [0.15, 0.2) is 83.4 Å².